The Hall–Kier alpha value is -3.09. The number of carbonyl (C=O) groups is 1. The summed E-state index contributed by atoms with van der Waals surface area (Å²) in [5.41, 5.74) is 3.08. The van der Waals surface area contributed by atoms with Gasteiger partial charge in [0.25, 0.3) is 5.91 Å². The van der Waals surface area contributed by atoms with Crippen LogP contribution in [0.2, 0.25) is 5.02 Å². The van der Waals surface area contributed by atoms with Crippen molar-refractivity contribution in [2.45, 2.75) is 20.8 Å². The number of aryl methyl sites for hydroxylation is 1. The molecule has 34 heavy (non-hydrogen) atoms. The van der Waals surface area contributed by atoms with Gasteiger partial charge in [0.05, 0.1) is 0 Å². The van der Waals surface area contributed by atoms with E-state index < -0.39 is 5.82 Å². The first-order chi connectivity index (χ1) is 16.4. The minimum Gasteiger partial charge on any atom is -0.492 e. The molecule has 5 nitrogen and oxygen atoms in total. The second-order valence-corrected chi connectivity index (χ2v) is 8.28. The van der Waals surface area contributed by atoms with Gasteiger partial charge in [-0.05, 0) is 79.2 Å². The first-order valence-electron chi connectivity index (χ1n) is 11.3. The summed E-state index contributed by atoms with van der Waals surface area (Å²) in [4.78, 5) is 14.6. The molecule has 0 atom stereocenters. The number of hydrogen-bond acceptors (Lipinski definition) is 4. The highest BCUT2D eigenvalue weighted by Gasteiger charge is 2.11. The lowest BCUT2D eigenvalue weighted by molar-refractivity contribution is -0.118. The fourth-order valence-corrected chi connectivity index (χ4v) is 3.62. The predicted octanol–water partition coefficient (Wildman–Crippen LogP) is 6.19. The van der Waals surface area contributed by atoms with Crippen LogP contribution >= 0.6 is 11.6 Å². The minimum atomic E-state index is -0.540. The number of benzene rings is 3. The molecule has 0 heterocycles. The number of likely N-dealkylation sites (N-methyl/N-ethyl adjacent to an activating group) is 1. The van der Waals surface area contributed by atoms with E-state index in [0.717, 1.165) is 36.5 Å². The van der Waals surface area contributed by atoms with E-state index in [2.05, 4.69) is 24.1 Å². The van der Waals surface area contributed by atoms with Crippen molar-refractivity contribution in [1.29, 1.82) is 0 Å². The summed E-state index contributed by atoms with van der Waals surface area (Å²) in [5.74, 6) is -0.122. The van der Waals surface area contributed by atoms with Crippen LogP contribution in [0, 0.1) is 12.7 Å². The number of anilines is 1. The van der Waals surface area contributed by atoms with Crippen LogP contribution in [0.5, 0.6) is 11.5 Å². The Labute approximate surface area is 205 Å². The van der Waals surface area contributed by atoms with Crippen LogP contribution in [-0.4, -0.2) is 43.7 Å². The smallest absolute Gasteiger partial charge is 0.262 e. The van der Waals surface area contributed by atoms with Gasteiger partial charge in [-0.1, -0.05) is 43.6 Å². The summed E-state index contributed by atoms with van der Waals surface area (Å²) in [6.07, 6.45) is 0. The number of halogens is 2. The molecule has 3 aromatic rings. The molecule has 0 unspecified atom stereocenters. The van der Waals surface area contributed by atoms with Crippen LogP contribution in [0.1, 0.15) is 19.4 Å². The third-order valence-corrected chi connectivity index (χ3v) is 5.74. The average molecular weight is 485 g/mol. The third-order valence-electron chi connectivity index (χ3n) is 5.49. The third kappa shape index (κ3) is 7.20. The van der Waals surface area contributed by atoms with Gasteiger partial charge >= 0.3 is 0 Å². The van der Waals surface area contributed by atoms with E-state index in [1.54, 1.807) is 24.3 Å². The Morgan fingerprint density at radius 3 is 2.26 bits per heavy atom. The molecule has 0 aromatic heterocycles. The number of nitrogens with zero attached hydrogens (tertiary/aromatic N) is 1. The molecule has 0 aliphatic rings. The summed E-state index contributed by atoms with van der Waals surface area (Å²) in [7, 11) is 0. The average Bonchev–Trinajstić information content (AvgIpc) is 2.83. The lowest BCUT2D eigenvalue weighted by atomic mass is 10.1. The summed E-state index contributed by atoms with van der Waals surface area (Å²) in [6.45, 7) is 9.31. The molecule has 7 heteroatoms. The first kappa shape index (κ1) is 25.5. The van der Waals surface area contributed by atoms with Crippen LogP contribution in [0.4, 0.5) is 10.1 Å². The maximum Gasteiger partial charge on any atom is 0.262 e. The van der Waals surface area contributed by atoms with Crippen molar-refractivity contribution in [2.24, 2.45) is 0 Å². The standard InChI is InChI=1S/C27H30ClFN2O3/c1-4-31(5-2)14-15-33-25-13-11-23(16-19(25)3)30-27(32)18-34-26-12-8-21(17-24(26)29)20-6-9-22(28)10-7-20/h6-13,16-17H,4-5,14-15,18H2,1-3H3,(H,30,32). The van der Waals surface area contributed by atoms with Crippen LogP contribution < -0.4 is 14.8 Å². The van der Waals surface area contributed by atoms with Crippen LogP contribution in [0.15, 0.2) is 60.7 Å². The molecule has 0 aliphatic carbocycles. The Bertz CT molecular complexity index is 1100. The zero-order chi connectivity index (χ0) is 24.5. The molecule has 3 rings (SSSR count). The van der Waals surface area contributed by atoms with Gasteiger partial charge in [0, 0.05) is 17.3 Å². The van der Waals surface area contributed by atoms with E-state index in [1.165, 1.54) is 12.1 Å². The van der Waals surface area contributed by atoms with Crippen molar-refractivity contribution in [3.05, 3.63) is 77.1 Å². The maximum absolute atomic E-state index is 14.5. The van der Waals surface area contributed by atoms with Crippen LogP contribution in [0.3, 0.4) is 0 Å². The molecule has 1 N–H and O–H groups in total. The maximum atomic E-state index is 14.5. The SMILES string of the molecule is CCN(CC)CCOc1ccc(NC(=O)COc2ccc(-c3ccc(Cl)cc3)cc2F)cc1C. The first-order valence-corrected chi connectivity index (χ1v) is 11.7. The normalized spacial score (nSPS) is 10.9. The Morgan fingerprint density at radius 2 is 1.62 bits per heavy atom. The molecule has 1 amide bonds. The van der Waals surface area contributed by atoms with Gasteiger partial charge in [-0.2, -0.15) is 0 Å². The Morgan fingerprint density at radius 1 is 0.941 bits per heavy atom. The summed E-state index contributed by atoms with van der Waals surface area (Å²) >= 11 is 5.90. The Kier molecular flexibility index (Phi) is 9.31. The topological polar surface area (TPSA) is 50.8 Å². The van der Waals surface area contributed by atoms with Gasteiger partial charge in [-0.3, -0.25) is 4.79 Å². The molecule has 0 bridgehead atoms. The zero-order valence-electron chi connectivity index (χ0n) is 19.7. The predicted molar refractivity (Wildman–Crippen MR) is 135 cm³/mol. The number of nitrogens with one attached hydrogen (secondary N) is 1. The highest BCUT2D eigenvalue weighted by molar-refractivity contribution is 6.30. The van der Waals surface area contributed by atoms with Crippen molar-refractivity contribution in [3.63, 3.8) is 0 Å². The van der Waals surface area contributed by atoms with E-state index >= 15 is 0 Å². The van der Waals surface area contributed by atoms with E-state index in [0.29, 0.717) is 22.9 Å². The molecule has 0 radical (unpaired) electrons. The number of carbonyl (C=O) groups excluding carboxylic acids is 1. The highest BCUT2D eigenvalue weighted by Crippen LogP contribution is 2.27. The molecular formula is C27H30ClFN2O3. The molecule has 180 valence electrons. The number of amides is 1. The molecule has 0 saturated carbocycles. The molecule has 0 spiro atoms. The number of hydrogen-bond donors (Lipinski definition) is 1. The molecular weight excluding hydrogens is 455 g/mol. The molecule has 3 aromatic carbocycles. The van der Waals surface area contributed by atoms with Crippen molar-refractivity contribution < 1.29 is 18.7 Å². The monoisotopic (exact) mass is 484 g/mol. The van der Waals surface area contributed by atoms with Gasteiger partial charge in [0.1, 0.15) is 12.4 Å². The molecule has 0 saturated heterocycles. The van der Waals surface area contributed by atoms with Crippen molar-refractivity contribution in [2.75, 3.05) is 38.2 Å². The van der Waals surface area contributed by atoms with Crippen molar-refractivity contribution in [3.8, 4) is 22.6 Å². The van der Waals surface area contributed by atoms with Gasteiger partial charge in [-0.25, -0.2) is 4.39 Å². The largest absolute Gasteiger partial charge is 0.492 e. The van der Waals surface area contributed by atoms with Crippen molar-refractivity contribution in [1.82, 2.24) is 4.90 Å². The highest BCUT2D eigenvalue weighted by atomic mass is 35.5. The second-order valence-electron chi connectivity index (χ2n) is 7.84. The fourth-order valence-electron chi connectivity index (χ4n) is 3.49. The van der Waals surface area contributed by atoms with Crippen LogP contribution in [-0.2, 0) is 4.79 Å². The summed E-state index contributed by atoms with van der Waals surface area (Å²) in [6, 6.07) is 17.2. The quantitative estimate of drug-likeness (QED) is 0.352. The fraction of sp³-hybridized carbons (Fsp3) is 0.296. The van der Waals surface area contributed by atoms with E-state index in [9.17, 15) is 9.18 Å². The molecule has 0 fully saturated rings. The summed E-state index contributed by atoms with van der Waals surface area (Å²) in [5, 5.41) is 3.39. The van der Waals surface area contributed by atoms with Gasteiger partial charge in [-0.15, -0.1) is 0 Å². The Balaban J connectivity index is 1.51. The lowest BCUT2D eigenvalue weighted by Crippen LogP contribution is -2.28. The van der Waals surface area contributed by atoms with E-state index in [4.69, 9.17) is 21.1 Å². The van der Waals surface area contributed by atoms with Crippen molar-refractivity contribution >= 4 is 23.2 Å². The molecule has 0 aliphatic heterocycles. The van der Waals surface area contributed by atoms with Gasteiger partial charge in [0.2, 0.25) is 0 Å². The van der Waals surface area contributed by atoms with Crippen LogP contribution in [0.25, 0.3) is 11.1 Å². The van der Waals surface area contributed by atoms with Gasteiger partial charge in [0.15, 0.2) is 18.2 Å². The number of rotatable bonds is 11. The zero-order valence-corrected chi connectivity index (χ0v) is 20.5. The number of ether oxygens (including phenoxy) is 2. The minimum absolute atomic E-state index is 0.0148. The van der Waals surface area contributed by atoms with E-state index in [-0.39, 0.29) is 18.3 Å². The summed E-state index contributed by atoms with van der Waals surface area (Å²) < 4.78 is 25.8. The second kappa shape index (κ2) is 12.4. The lowest BCUT2D eigenvalue weighted by Gasteiger charge is -2.18. The van der Waals surface area contributed by atoms with E-state index in [1.807, 2.05) is 31.2 Å². The van der Waals surface area contributed by atoms with Gasteiger partial charge < -0.3 is 19.7 Å².